The largest absolute Gasteiger partial charge is 0.573 e. The van der Waals surface area contributed by atoms with Gasteiger partial charge in [0.05, 0.1) is 0 Å². The van der Waals surface area contributed by atoms with E-state index < -0.39 is 6.36 Å². The lowest BCUT2D eigenvalue weighted by Crippen LogP contribution is -2.27. The summed E-state index contributed by atoms with van der Waals surface area (Å²) in [5, 5.41) is 3.27. The Kier molecular flexibility index (Phi) is 7.57. The third-order valence-electron chi connectivity index (χ3n) is 3.45. The van der Waals surface area contributed by atoms with Gasteiger partial charge in [-0.15, -0.1) is 13.2 Å². The molecule has 2 nitrogen and oxygen atoms in total. The number of hydrogen-bond donors (Lipinski definition) is 1. The highest BCUT2D eigenvalue weighted by Crippen LogP contribution is 2.23. The van der Waals surface area contributed by atoms with E-state index >= 15 is 0 Å². The van der Waals surface area contributed by atoms with Crippen LogP contribution >= 0.6 is 0 Å². The summed E-state index contributed by atoms with van der Waals surface area (Å²) in [6, 6.07) is 6.48. The molecule has 0 bridgehead atoms. The summed E-state index contributed by atoms with van der Waals surface area (Å²) in [5.41, 5.74) is 1.01. The Hall–Kier alpha value is -1.23. The van der Waals surface area contributed by atoms with Crippen LogP contribution in [0.4, 0.5) is 13.2 Å². The zero-order chi connectivity index (χ0) is 15.7. The molecule has 0 aliphatic carbocycles. The van der Waals surface area contributed by atoms with Crippen molar-refractivity contribution in [1.29, 1.82) is 0 Å². The van der Waals surface area contributed by atoms with Crippen molar-refractivity contribution >= 4 is 0 Å². The van der Waals surface area contributed by atoms with Gasteiger partial charge in [-0.3, -0.25) is 0 Å². The van der Waals surface area contributed by atoms with Crippen molar-refractivity contribution in [2.75, 3.05) is 7.05 Å². The number of hydrogen-bond acceptors (Lipinski definition) is 2. The van der Waals surface area contributed by atoms with Crippen molar-refractivity contribution in [2.24, 2.45) is 0 Å². The maximum Gasteiger partial charge on any atom is 0.573 e. The van der Waals surface area contributed by atoms with Crippen molar-refractivity contribution in [1.82, 2.24) is 5.32 Å². The fourth-order valence-corrected chi connectivity index (χ4v) is 2.28. The second-order valence-corrected chi connectivity index (χ2v) is 5.23. The molecule has 0 spiro atoms. The number of nitrogens with one attached hydrogen (secondary N) is 1. The highest BCUT2D eigenvalue weighted by Gasteiger charge is 2.30. The van der Waals surface area contributed by atoms with Gasteiger partial charge in [-0.1, -0.05) is 44.7 Å². The van der Waals surface area contributed by atoms with Crippen LogP contribution in [0.2, 0.25) is 0 Å². The molecule has 0 amide bonds. The van der Waals surface area contributed by atoms with Crippen LogP contribution in [-0.2, 0) is 6.42 Å². The van der Waals surface area contributed by atoms with Crippen LogP contribution in [0.15, 0.2) is 24.3 Å². The Balaban J connectivity index is 2.45. The van der Waals surface area contributed by atoms with Crippen LogP contribution in [-0.4, -0.2) is 19.5 Å². The molecule has 0 radical (unpaired) electrons. The summed E-state index contributed by atoms with van der Waals surface area (Å²) in [5.74, 6) is -0.171. The molecule has 5 heteroatoms. The molecule has 0 heterocycles. The van der Waals surface area contributed by atoms with Gasteiger partial charge in [-0.25, -0.2) is 0 Å². The maximum atomic E-state index is 12.1. The number of rotatable bonds is 9. The zero-order valence-corrected chi connectivity index (χ0v) is 12.7. The van der Waals surface area contributed by atoms with E-state index in [0.717, 1.165) is 18.4 Å². The number of halogens is 3. The minimum Gasteiger partial charge on any atom is -0.406 e. The third-order valence-corrected chi connectivity index (χ3v) is 3.45. The lowest BCUT2D eigenvalue weighted by molar-refractivity contribution is -0.274. The predicted octanol–water partition coefficient (Wildman–Crippen LogP) is 4.69. The van der Waals surface area contributed by atoms with Gasteiger partial charge in [0, 0.05) is 6.04 Å². The highest BCUT2D eigenvalue weighted by molar-refractivity contribution is 5.27. The van der Waals surface area contributed by atoms with E-state index in [9.17, 15) is 13.2 Å². The molecule has 0 aromatic heterocycles. The number of alkyl halides is 3. The van der Waals surface area contributed by atoms with Crippen LogP contribution in [0.3, 0.4) is 0 Å². The van der Waals surface area contributed by atoms with Gasteiger partial charge in [-0.2, -0.15) is 0 Å². The van der Waals surface area contributed by atoms with Crippen LogP contribution in [0.25, 0.3) is 0 Å². The zero-order valence-electron chi connectivity index (χ0n) is 12.7. The molecule has 0 saturated heterocycles. The van der Waals surface area contributed by atoms with Gasteiger partial charge in [0.25, 0.3) is 0 Å². The molecule has 1 unspecified atom stereocenters. The van der Waals surface area contributed by atoms with E-state index in [-0.39, 0.29) is 5.75 Å². The minimum atomic E-state index is -4.63. The van der Waals surface area contributed by atoms with Crippen molar-refractivity contribution in [3.05, 3.63) is 29.8 Å². The third kappa shape index (κ3) is 7.95. The first-order valence-corrected chi connectivity index (χ1v) is 7.46. The molecule has 0 aliphatic rings. The van der Waals surface area contributed by atoms with Gasteiger partial charge in [0.15, 0.2) is 0 Å². The number of ether oxygens (including phenoxy) is 1. The first kappa shape index (κ1) is 17.8. The lowest BCUT2D eigenvalue weighted by atomic mass is 10.00. The Morgan fingerprint density at radius 1 is 1.10 bits per heavy atom. The van der Waals surface area contributed by atoms with Gasteiger partial charge in [-0.05, 0) is 37.6 Å². The van der Waals surface area contributed by atoms with Crippen molar-refractivity contribution < 1.29 is 17.9 Å². The van der Waals surface area contributed by atoms with E-state index in [2.05, 4.69) is 17.0 Å². The number of benzene rings is 1. The van der Waals surface area contributed by atoms with Crippen molar-refractivity contribution in [3.63, 3.8) is 0 Å². The SMILES string of the molecule is CCCCCCC(Cc1ccc(OC(F)(F)F)cc1)NC. The van der Waals surface area contributed by atoms with E-state index in [1.807, 2.05) is 7.05 Å². The molecule has 1 aromatic rings. The normalized spacial score (nSPS) is 13.2. The summed E-state index contributed by atoms with van der Waals surface area (Å²) in [7, 11) is 1.92. The second-order valence-electron chi connectivity index (χ2n) is 5.23. The quantitative estimate of drug-likeness (QED) is 0.668. The molecule has 1 atom stereocenters. The lowest BCUT2D eigenvalue weighted by Gasteiger charge is -2.16. The average molecular weight is 303 g/mol. The first-order valence-electron chi connectivity index (χ1n) is 7.46. The maximum absolute atomic E-state index is 12.1. The van der Waals surface area contributed by atoms with Crippen LogP contribution < -0.4 is 10.1 Å². The Labute approximate surface area is 124 Å². The topological polar surface area (TPSA) is 21.3 Å². The molecule has 1 aromatic carbocycles. The Morgan fingerprint density at radius 3 is 2.29 bits per heavy atom. The number of likely N-dealkylation sites (N-methyl/N-ethyl adjacent to an activating group) is 1. The highest BCUT2D eigenvalue weighted by atomic mass is 19.4. The smallest absolute Gasteiger partial charge is 0.406 e. The van der Waals surface area contributed by atoms with Crippen LogP contribution in [0.1, 0.15) is 44.6 Å². The van der Waals surface area contributed by atoms with E-state index in [1.165, 1.54) is 37.8 Å². The Bertz CT molecular complexity index is 390. The van der Waals surface area contributed by atoms with E-state index in [0.29, 0.717) is 6.04 Å². The molecule has 0 saturated carbocycles. The van der Waals surface area contributed by atoms with Gasteiger partial charge in [0.1, 0.15) is 5.75 Å². The van der Waals surface area contributed by atoms with Crippen molar-refractivity contribution in [3.8, 4) is 5.75 Å². The molecular formula is C16H24F3NO. The Morgan fingerprint density at radius 2 is 1.76 bits per heavy atom. The minimum absolute atomic E-state index is 0.171. The summed E-state index contributed by atoms with van der Waals surface area (Å²) in [6.45, 7) is 2.18. The predicted molar refractivity (Wildman–Crippen MR) is 78.4 cm³/mol. The molecule has 0 aliphatic heterocycles. The monoisotopic (exact) mass is 303 g/mol. The molecule has 21 heavy (non-hydrogen) atoms. The van der Waals surface area contributed by atoms with Crippen LogP contribution in [0, 0.1) is 0 Å². The summed E-state index contributed by atoms with van der Waals surface area (Å²) >= 11 is 0. The van der Waals surface area contributed by atoms with Crippen LogP contribution in [0.5, 0.6) is 5.75 Å². The molecular weight excluding hydrogens is 279 g/mol. The fourth-order valence-electron chi connectivity index (χ4n) is 2.28. The number of unbranched alkanes of at least 4 members (excludes halogenated alkanes) is 3. The van der Waals surface area contributed by atoms with E-state index in [4.69, 9.17) is 0 Å². The molecule has 1 rings (SSSR count). The average Bonchev–Trinajstić information content (AvgIpc) is 2.42. The fraction of sp³-hybridized carbons (Fsp3) is 0.625. The standard InChI is InChI=1S/C16H24F3NO/c1-3-4-5-6-7-14(20-2)12-13-8-10-15(11-9-13)21-16(17,18)19/h8-11,14,20H,3-7,12H2,1-2H3. The van der Waals surface area contributed by atoms with E-state index in [1.54, 1.807) is 12.1 Å². The van der Waals surface area contributed by atoms with Crippen molar-refractivity contribution in [2.45, 2.75) is 57.9 Å². The first-order chi connectivity index (χ1) is 9.94. The summed E-state index contributed by atoms with van der Waals surface area (Å²) in [4.78, 5) is 0. The molecule has 1 N–H and O–H groups in total. The second kappa shape index (κ2) is 8.93. The summed E-state index contributed by atoms with van der Waals surface area (Å²) < 4.78 is 40.1. The molecule has 0 fully saturated rings. The molecule has 120 valence electrons. The van der Waals surface area contributed by atoms with Gasteiger partial charge in [0.2, 0.25) is 0 Å². The summed E-state index contributed by atoms with van der Waals surface area (Å²) in [6.07, 6.45) is 2.13. The van der Waals surface area contributed by atoms with Gasteiger partial charge < -0.3 is 10.1 Å². The van der Waals surface area contributed by atoms with Gasteiger partial charge >= 0.3 is 6.36 Å².